The number of esters is 1. The van der Waals surface area contributed by atoms with E-state index < -0.39 is 24.1 Å². The van der Waals surface area contributed by atoms with E-state index in [2.05, 4.69) is 16.0 Å². The van der Waals surface area contributed by atoms with Crippen LogP contribution < -0.4 is 16.0 Å². The predicted octanol–water partition coefficient (Wildman–Crippen LogP) is 2.40. The van der Waals surface area contributed by atoms with Crippen LogP contribution in [0.5, 0.6) is 0 Å². The van der Waals surface area contributed by atoms with Gasteiger partial charge in [0.2, 0.25) is 11.8 Å². The minimum Gasteiger partial charge on any atom is -0.465 e. The number of nitrogens with zero attached hydrogens (tertiary/aromatic N) is 1. The largest absolute Gasteiger partial charge is 0.465 e. The number of carbonyl (C=O) groups excluding carboxylic acids is 4. The van der Waals surface area contributed by atoms with E-state index in [0.717, 1.165) is 5.56 Å². The van der Waals surface area contributed by atoms with E-state index in [4.69, 9.17) is 29.1 Å². The summed E-state index contributed by atoms with van der Waals surface area (Å²) in [6.45, 7) is 11.2. The molecule has 4 N–H and O–H groups in total. The van der Waals surface area contributed by atoms with Gasteiger partial charge in [0.25, 0.3) is 0 Å². The van der Waals surface area contributed by atoms with Crippen molar-refractivity contribution in [1.82, 2.24) is 20.9 Å². The Balaban J connectivity index is 0.0000110. The van der Waals surface area contributed by atoms with E-state index in [0.29, 0.717) is 64.4 Å². The van der Waals surface area contributed by atoms with E-state index in [9.17, 15) is 19.2 Å². The second-order valence-corrected chi connectivity index (χ2v) is 11.0. The predicted molar refractivity (Wildman–Crippen MR) is 178 cm³/mol. The number of amidine groups is 1. The molecule has 15 heteroatoms. The summed E-state index contributed by atoms with van der Waals surface area (Å²) in [5.41, 5.74) is 1.25. The van der Waals surface area contributed by atoms with Crippen LogP contribution in [-0.4, -0.2) is 113 Å². The SMILES string of the molecule is CCOCCOCCOCCOC(=O)NC(=N)c1ccc(CNC(=O)[C@@H]2CCCN2C(=O)C(CC(C)C)NCC(=O)OCC)cc1.Cl. The third-order valence-corrected chi connectivity index (χ3v) is 6.99. The molecule has 1 aromatic rings. The summed E-state index contributed by atoms with van der Waals surface area (Å²) in [5.74, 6) is -0.800. The summed E-state index contributed by atoms with van der Waals surface area (Å²) >= 11 is 0. The van der Waals surface area contributed by atoms with Crippen molar-refractivity contribution in [2.45, 2.75) is 65.6 Å². The Morgan fingerprint density at radius 1 is 0.915 bits per heavy atom. The van der Waals surface area contributed by atoms with Crippen molar-refractivity contribution in [2.24, 2.45) is 5.92 Å². The molecule has 1 aliphatic rings. The van der Waals surface area contributed by atoms with E-state index in [1.54, 1.807) is 36.1 Å². The van der Waals surface area contributed by atoms with Gasteiger partial charge in [0.15, 0.2) is 0 Å². The molecule has 0 radical (unpaired) electrons. The van der Waals surface area contributed by atoms with Gasteiger partial charge in [-0.15, -0.1) is 12.4 Å². The number of carbonyl (C=O) groups is 4. The lowest BCUT2D eigenvalue weighted by Crippen LogP contribution is -2.53. The number of likely N-dealkylation sites (tertiary alicyclic amines) is 1. The van der Waals surface area contributed by atoms with Gasteiger partial charge in [-0.2, -0.15) is 0 Å². The smallest absolute Gasteiger partial charge is 0.412 e. The molecule has 0 spiro atoms. The molecule has 1 fully saturated rings. The van der Waals surface area contributed by atoms with Crippen LogP contribution in [0.2, 0.25) is 0 Å². The number of benzene rings is 1. The Bertz CT molecular complexity index is 1110. The number of nitrogens with one attached hydrogen (secondary N) is 4. The van der Waals surface area contributed by atoms with Gasteiger partial charge in [0.05, 0.1) is 52.2 Å². The van der Waals surface area contributed by atoms with E-state index in [1.165, 1.54) is 0 Å². The highest BCUT2D eigenvalue weighted by atomic mass is 35.5. The van der Waals surface area contributed by atoms with Gasteiger partial charge < -0.3 is 33.9 Å². The first-order valence-electron chi connectivity index (χ1n) is 16.0. The molecule has 1 aliphatic heterocycles. The minimum atomic E-state index is -0.764. The molecule has 0 bridgehead atoms. The zero-order valence-corrected chi connectivity index (χ0v) is 28.8. The Morgan fingerprint density at radius 2 is 1.55 bits per heavy atom. The zero-order valence-electron chi connectivity index (χ0n) is 28.0. The second kappa shape index (κ2) is 23.9. The highest BCUT2D eigenvalue weighted by Gasteiger charge is 2.37. The van der Waals surface area contributed by atoms with Crippen molar-refractivity contribution in [3.63, 3.8) is 0 Å². The molecule has 1 unspecified atom stereocenters. The molecule has 1 aromatic carbocycles. The monoisotopic (exact) mass is 685 g/mol. The maximum atomic E-state index is 13.4. The number of hydrogen-bond acceptors (Lipinski definition) is 11. The van der Waals surface area contributed by atoms with Gasteiger partial charge in [0, 0.05) is 25.3 Å². The summed E-state index contributed by atoms with van der Waals surface area (Å²) < 4.78 is 25.9. The average molecular weight is 686 g/mol. The lowest BCUT2D eigenvalue weighted by atomic mass is 10.0. The first-order valence-corrected chi connectivity index (χ1v) is 16.0. The molecule has 2 rings (SSSR count). The molecule has 0 saturated carbocycles. The van der Waals surface area contributed by atoms with Gasteiger partial charge in [-0.25, -0.2) is 4.79 Å². The van der Waals surface area contributed by atoms with Crippen LogP contribution in [0.4, 0.5) is 4.79 Å². The fourth-order valence-electron chi connectivity index (χ4n) is 4.75. The third kappa shape index (κ3) is 16.4. The molecule has 3 amide bonds. The zero-order chi connectivity index (χ0) is 33.7. The maximum Gasteiger partial charge on any atom is 0.412 e. The van der Waals surface area contributed by atoms with Gasteiger partial charge in [-0.05, 0) is 44.6 Å². The number of hydrogen-bond donors (Lipinski definition) is 4. The molecule has 1 saturated heterocycles. The minimum absolute atomic E-state index is 0. The Labute approximate surface area is 283 Å². The van der Waals surface area contributed by atoms with Gasteiger partial charge in [-0.3, -0.25) is 30.4 Å². The fourth-order valence-corrected chi connectivity index (χ4v) is 4.75. The lowest BCUT2D eigenvalue weighted by molar-refractivity contribution is -0.143. The van der Waals surface area contributed by atoms with E-state index >= 15 is 0 Å². The second-order valence-electron chi connectivity index (χ2n) is 11.0. The van der Waals surface area contributed by atoms with Crippen molar-refractivity contribution in [3.05, 3.63) is 35.4 Å². The van der Waals surface area contributed by atoms with Crippen LogP contribution in [0, 0.1) is 11.3 Å². The molecule has 14 nitrogen and oxygen atoms in total. The van der Waals surface area contributed by atoms with E-state index in [-0.39, 0.29) is 68.9 Å². The third-order valence-electron chi connectivity index (χ3n) is 6.99. The number of rotatable bonds is 21. The van der Waals surface area contributed by atoms with Crippen LogP contribution in [-0.2, 0) is 44.6 Å². The first-order chi connectivity index (χ1) is 22.2. The normalized spacial score (nSPS) is 14.7. The Hall–Kier alpha value is -3.30. The quantitative estimate of drug-likeness (QED) is 0.0650. The van der Waals surface area contributed by atoms with Crippen molar-refractivity contribution in [2.75, 3.05) is 65.9 Å². The van der Waals surface area contributed by atoms with E-state index in [1.807, 2.05) is 20.8 Å². The van der Waals surface area contributed by atoms with Crippen LogP contribution in [0.15, 0.2) is 24.3 Å². The lowest BCUT2D eigenvalue weighted by Gasteiger charge is -2.29. The summed E-state index contributed by atoms with van der Waals surface area (Å²) in [5, 5.41) is 16.5. The topological polar surface area (TPSA) is 178 Å². The molecular weight excluding hydrogens is 634 g/mol. The summed E-state index contributed by atoms with van der Waals surface area (Å²) in [4.78, 5) is 52.0. The number of amides is 3. The number of alkyl carbamates (subject to hydrolysis) is 1. The molecular formula is C32H52ClN5O9. The Morgan fingerprint density at radius 3 is 2.17 bits per heavy atom. The summed E-state index contributed by atoms with van der Waals surface area (Å²) in [7, 11) is 0. The van der Waals surface area contributed by atoms with Crippen molar-refractivity contribution >= 4 is 42.1 Å². The van der Waals surface area contributed by atoms with Gasteiger partial charge in [0.1, 0.15) is 18.5 Å². The highest BCUT2D eigenvalue weighted by molar-refractivity contribution is 6.04. The van der Waals surface area contributed by atoms with Crippen molar-refractivity contribution in [3.8, 4) is 0 Å². The highest BCUT2D eigenvalue weighted by Crippen LogP contribution is 2.21. The maximum absolute atomic E-state index is 13.4. The molecule has 47 heavy (non-hydrogen) atoms. The van der Waals surface area contributed by atoms with Crippen molar-refractivity contribution < 1.29 is 42.9 Å². The van der Waals surface area contributed by atoms with Crippen LogP contribution in [0.3, 0.4) is 0 Å². The molecule has 266 valence electrons. The molecule has 0 aliphatic carbocycles. The van der Waals surface area contributed by atoms with Crippen LogP contribution in [0.1, 0.15) is 58.1 Å². The van der Waals surface area contributed by atoms with Crippen molar-refractivity contribution in [1.29, 1.82) is 5.41 Å². The summed E-state index contributed by atoms with van der Waals surface area (Å²) in [6.07, 6.45) is 1.02. The van der Waals surface area contributed by atoms with Crippen LogP contribution in [0.25, 0.3) is 0 Å². The summed E-state index contributed by atoms with van der Waals surface area (Å²) in [6, 6.07) is 5.62. The molecule has 0 aromatic heterocycles. The van der Waals surface area contributed by atoms with Gasteiger partial charge >= 0.3 is 12.1 Å². The Kier molecular flexibility index (Phi) is 21.2. The van der Waals surface area contributed by atoms with Gasteiger partial charge in [-0.1, -0.05) is 38.1 Å². The fraction of sp³-hybridized carbons (Fsp3) is 0.656. The number of ether oxygens (including phenoxy) is 5. The first kappa shape index (κ1) is 41.7. The van der Waals surface area contributed by atoms with Crippen LogP contribution >= 0.6 is 12.4 Å². The number of halogens is 1. The average Bonchev–Trinajstić information content (AvgIpc) is 3.53. The standard InChI is InChI=1S/C32H51N5O9.ClH/c1-5-42-14-15-43-16-17-44-18-19-46-32(41)36-29(33)25-11-9-24(10-12-25)21-35-30(39)27-8-7-13-37(27)31(40)26(20-23(3)4)34-22-28(38)45-6-2;/h9-12,23,26-27,34H,5-8,13-22H2,1-4H3,(H,35,39)(H2,33,36,41);1H/t26?,27-;/m0./s1. The molecule has 1 heterocycles. The molecule has 2 atom stereocenters.